The molecule has 1 aromatic carbocycles. The van der Waals surface area contributed by atoms with Gasteiger partial charge in [0.25, 0.3) is 0 Å². The molecule has 1 aliphatic rings. The van der Waals surface area contributed by atoms with Crippen LogP contribution in [0.5, 0.6) is 0 Å². The number of amidine groups is 1. The monoisotopic (exact) mass is 224 g/mol. The van der Waals surface area contributed by atoms with Crippen molar-refractivity contribution in [1.29, 1.82) is 0 Å². The summed E-state index contributed by atoms with van der Waals surface area (Å²) in [4.78, 5) is 4.39. The van der Waals surface area contributed by atoms with Crippen LogP contribution in [0.2, 0.25) is 0 Å². The summed E-state index contributed by atoms with van der Waals surface area (Å²) in [5.74, 6) is 0.857. The lowest BCUT2D eigenvalue weighted by Gasteiger charge is -2.01. The van der Waals surface area contributed by atoms with Crippen molar-refractivity contribution in [2.75, 3.05) is 5.75 Å². The normalized spacial score (nSPS) is 23.1. The number of hydrogen-bond donors (Lipinski definition) is 1. The van der Waals surface area contributed by atoms with Gasteiger partial charge in [-0.25, -0.2) is 4.39 Å². The van der Waals surface area contributed by atoms with Crippen molar-refractivity contribution < 1.29 is 4.39 Å². The number of aliphatic imine (C=N–C) groups is 1. The SMILES string of the molecule is CC1CSC(=NCc2cccc(F)c2)N1. The highest BCUT2D eigenvalue weighted by Crippen LogP contribution is 2.14. The van der Waals surface area contributed by atoms with Gasteiger partial charge in [0.15, 0.2) is 5.17 Å². The Labute approximate surface area is 93.0 Å². The van der Waals surface area contributed by atoms with Crippen molar-refractivity contribution in [3.8, 4) is 0 Å². The predicted octanol–water partition coefficient (Wildman–Crippen LogP) is 2.41. The van der Waals surface area contributed by atoms with Crippen LogP contribution in [0.25, 0.3) is 0 Å². The molecule has 2 rings (SSSR count). The Balaban J connectivity index is 1.98. The van der Waals surface area contributed by atoms with Gasteiger partial charge in [0, 0.05) is 11.8 Å². The van der Waals surface area contributed by atoms with E-state index >= 15 is 0 Å². The van der Waals surface area contributed by atoms with E-state index in [2.05, 4.69) is 17.2 Å². The summed E-state index contributed by atoms with van der Waals surface area (Å²) in [6.07, 6.45) is 0. The molecule has 0 aromatic heterocycles. The van der Waals surface area contributed by atoms with Crippen molar-refractivity contribution in [2.45, 2.75) is 19.5 Å². The molecule has 0 saturated carbocycles. The molecule has 0 bridgehead atoms. The summed E-state index contributed by atoms with van der Waals surface area (Å²) in [7, 11) is 0. The molecule has 2 nitrogen and oxygen atoms in total. The zero-order valence-electron chi connectivity index (χ0n) is 8.53. The Kier molecular flexibility index (Phi) is 3.26. The van der Waals surface area contributed by atoms with Crippen molar-refractivity contribution in [2.24, 2.45) is 4.99 Å². The Morgan fingerprint density at radius 3 is 3.13 bits per heavy atom. The standard InChI is InChI=1S/C11H13FN2S/c1-8-7-15-11(14-8)13-6-9-3-2-4-10(12)5-9/h2-5,8H,6-7H2,1H3,(H,13,14). The molecule has 15 heavy (non-hydrogen) atoms. The van der Waals surface area contributed by atoms with Crippen LogP contribution in [0.15, 0.2) is 29.3 Å². The van der Waals surface area contributed by atoms with E-state index < -0.39 is 0 Å². The lowest BCUT2D eigenvalue weighted by Crippen LogP contribution is -2.23. The Morgan fingerprint density at radius 2 is 2.47 bits per heavy atom. The molecule has 1 heterocycles. The fraction of sp³-hybridized carbons (Fsp3) is 0.364. The first kappa shape index (κ1) is 10.5. The summed E-state index contributed by atoms with van der Waals surface area (Å²) in [5.41, 5.74) is 0.907. The maximum atomic E-state index is 12.9. The number of nitrogens with one attached hydrogen (secondary N) is 1. The van der Waals surface area contributed by atoms with Gasteiger partial charge >= 0.3 is 0 Å². The molecular weight excluding hydrogens is 211 g/mol. The van der Waals surface area contributed by atoms with Gasteiger partial charge in [-0.2, -0.15) is 0 Å². The summed E-state index contributed by atoms with van der Waals surface area (Å²) in [5, 5.41) is 4.22. The van der Waals surface area contributed by atoms with Gasteiger partial charge in [0.1, 0.15) is 5.82 Å². The first-order valence-corrected chi connectivity index (χ1v) is 5.91. The minimum atomic E-state index is -0.201. The van der Waals surface area contributed by atoms with Crippen molar-refractivity contribution in [3.05, 3.63) is 35.6 Å². The highest BCUT2D eigenvalue weighted by molar-refractivity contribution is 8.14. The predicted molar refractivity (Wildman–Crippen MR) is 62.6 cm³/mol. The minimum absolute atomic E-state index is 0.201. The van der Waals surface area contributed by atoms with Crippen LogP contribution in [0.3, 0.4) is 0 Å². The average Bonchev–Trinajstić information content (AvgIpc) is 2.62. The topological polar surface area (TPSA) is 24.4 Å². The van der Waals surface area contributed by atoms with Gasteiger partial charge in [0.05, 0.1) is 6.54 Å². The minimum Gasteiger partial charge on any atom is -0.362 e. The third-order valence-electron chi connectivity index (χ3n) is 2.13. The fourth-order valence-corrected chi connectivity index (χ4v) is 2.32. The van der Waals surface area contributed by atoms with Crippen LogP contribution in [0.4, 0.5) is 4.39 Å². The van der Waals surface area contributed by atoms with Crippen LogP contribution in [-0.2, 0) is 6.54 Å². The molecular formula is C11H13FN2S. The lowest BCUT2D eigenvalue weighted by atomic mass is 10.2. The maximum absolute atomic E-state index is 12.9. The molecule has 0 spiro atoms. The Morgan fingerprint density at radius 1 is 1.60 bits per heavy atom. The third kappa shape index (κ3) is 2.96. The van der Waals surface area contributed by atoms with Gasteiger partial charge in [-0.05, 0) is 24.6 Å². The number of nitrogens with zero attached hydrogens (tertiary/aromatic N) is 1. The molecule has 80 valence electrons. The quantitative estimate of drug-likeness (QED) is 0.834. The van der Waals surface area contributed by atoms with E-state index in [1.165, 1.54) is 12.1 Å². The molecule has 1 N–H and O–H groups in total. The lowest BCUT2D eigenvalue weighted by molar-refractivity contribution is 0.625. The number of benzene rings is 1. The van der Waals surface area contributed by atoms with Gasteiger partial charge in [-0.1, -0.05) is 23.9 Å². The molecule has 1 aromatic rings. The summed E-state index contributed by atoms with van der Waals surface area (Å²) < 4.78 is 12.9. The number of thioether (sulfide) groups is 1. The molecule has 1 saturated heterocycles. The molecule has 1 atom stereocenters. The number of hydrogen-bond acceptors (Lipinski definition) is 2. The van der Waals surface area contributed by atoms with E-state index in [4.69, 9.17) is 0 Å². The highest BCUT2D eigenvalue weighted by Gasteiger charge is 2.14. The van der Waals surface area contributed by atoms with E-state index in [9.17, 15) is 4.39 Å². The van der Waals surface area contributed by atoms with Crippen molar-refractivity contribution >= 4 is 16.9 Å². The van der Waals surface area contributed by atoms with Gasteiger partial charge in [0.2, 0.25) is 0 Å². The summed E-state index contributed by atoms with van der Waals surface area (Å²) in [6.45, 7) is 2.66. The molecule has 0 radical (unpaired) electrons. The zero-order chi connectivity index (χ0) is 10.7. The fourth-order valence-electron chi connectivity index (χ4n) is 1.39. The van der Waals surface area contributed by atoms with E-state index in [1.807, 2.05) is 6.07 Å². The van der Waals surface area contributed by atoms with Gasteiger partial charge in [-0.15, -0.1) is 0 Å². The van der Waals surface area contributed by atoms with Crippen LogP contribution in [0.1, 0.15) is 12.5 Å². The first-order valence-electron chi connectivity index (χ1n) is 4.92. The maximum Gasteiger partial charge on any atom is 0.157 e. The third-order valence-corrected chi connectivity index (χ3v) is 3.32. The summed E-state index contributed by atoms with van der Waals surface area (Å²) >= 11 is 1.72. The van der Waals surface area contributed by atoms with Crippen LogP contribution in [-0.4, -0.2) is 17.0 Å². The van der Waals surface area contributed by atoms with Crippen LogP contribution in [0, 0.1) is 5.82 Å². The first-order chi connectivity index (χ1) is 7.24. The van der Waals surface area contributed by atoms with Gasteiger partial charge < -0.3 is 5.32 Å². The molecule has 0 aliphatic carbocycles. The largest absolute Gasteiger partial charge is 0.362 e. The molecule has 0 amide bonds. The van der Waals surface area contributed by atoms with Crippen molar-refractivity contribution in [1.82, 2.24) is 5.32 Å². The average molecular weight is 224 g/mol. The Hall–Kier alpha value is -1.03. The second-order valence-corrected chi connectivity index (χ2v) is 4.62. The number of rotatable bonds is 2. The molecule has 1 fully saturated rings. The van der Waals surface area contributed by atoms with Crippen LogP contribution >= 0.6 is 11.8 Å². The van der Waals surface area contributed by atoms with E-state index in [0.29, 0.717) is 12.6 Å². The highest BCUT2D eigenvalue weighted by atomic mass is 32.2. The second kappa shape index (κ2) is 4.66. The molecule has 1 unspecified atom stereocenters. The number of halogens is 1. The van der Waals surface area contributed by atoms with Crippen LogP contribution < -0.4 is 5.32 Å². The molecule has 4 heteroatoms. The summed E-state index contributed by atoms with van der Waals surface area (Å²) in [6, 6.07) is 7.05. The van der Waals surface area contributed by atoms with Gasteiger partial charge in [-0.3, -0.25) is 4.99 Å². The van der Waals surface area contributed by atoms with E-state index in [-0.39, 0.29) is 5.82 Å². The van der Waals surface area contributed by atoms with Crippen molar-refractivity contribution in [3.63, 3.8) is 0 Å². The van der Waals surface area contributed by atoms with E-state index in [1.54, 1.807) is 17.8 Å². The zero-order valence-corrected chi connectivity index (χ0v) is 9.35. The second-order valence-electron chi connectivity index (χ2n) is 3.61. The Bertz CT molecular complexity index is 379. The molecule has 1 aliphatic heterocycles. The van der Waals surface area contributed by atoms with E-state index in [0.717, 1.165) is 16.5 Å². The smallest absolute Gasteiger partial charge is 0.157 e.